The molecular weight excluding hydrogens is 330 g/mol. The number of nitriles is 1. The summed E-state index contributed by atoms with van der Waals surface area (Å²) in [4.78, 5) is 15.0. The first-order valence-electron chi connectivity index (χ1n) is 8.62. The summed E-state index contributed by atoms with van der Waals surface area (Å²) in [6.45, 7) is 8.56. The molecule has 0 radical (unpaired) electrons. The summed E-state index contributed by atoms with van der Waals surface area (Å²) >= 11 is 1.57. The lowest BCUT2D eigenvalue weighted by atomic mass is 9.95. The number of anilines is 1. The van der Waals surface area contributed by atoms with Gasteiger partial charge in [0.2, 0.25) is 5.91 Å². The van der Waals surface area contributed by atoms with E-state index in [1.807, 2.05) is 26.8 Å². The third-order valence-electron chi connectivity index (χ3n) is 4.55. The fourth-order valence-electron chi connectivity index (χ4n) is 3.07. The lowest BCUT2D eigenvalue weighted by Gasteiger charge is -2.23. The van der Waals surface area contributed by atoms with E-state index < -0.39 is 5.41 Å². The number of hydrogen-bond acceptors (Lipinski definition) is 3. The Labute approximate surface area is 153 Å². The minimum Gasteiger partial charge on any atom is -0.326 e. The molecule has 0 spiro atoms. The molecule has 0 fully saturated rings. The zero-order valence-corrected chi connectivity index (χ0v) is 15.8. The van der Waals surface area contributed by atoms with E-state index in [0.717, 1.165) is 31.6 Å². The van der Waals surface area contributed by atoms with Gasteiger partial charge in [0.15, 0.2) is 0 Å². The number of quaternary nitrogens is 1. The molecule has 1 aliphatic rings. The second kappa shape index (κ2) is 6.99. The van der Waals surface area contributed by atoms with Crippen molar-refractivity contribution in [3.05, 3.63) is 51.9 Å². The number of benzene rings is 1. The highest BCUT2D eigenvalue weighted by atomic mass is 32.1. The molecule has 1 aliphatic heterocycles. The first kappa shape index (κ1) is 17.7. The van der Waals surface area contributed by atoms with Crippen molar-refractivity contribution in [1.82, 2.24) is 0 Å². The van der Waals surface area contributed by atoms with Gasteiger partial charge < -0.3 is 10.2 Å². The zero-order chi connectivity index (χ0) is 18.0. The van der Waals surface area contributed by atoms with Gasteiger partial charge in [-0.25, -0.2) is 0 Å². The predicted molar refractivity (Wildman–Crippen MR) is 101 cm³/mol. The third kappa shape index (κ3) is 3.92. The van der Waals surface area contributed by atoms with Gasteiger partial charge in [-0.1, -0.05) is 51.1 Å². The molecule has 1 amide bonds. The highest BCUT2D eigenvalue weighted by Crippen LogP contribution is 2.35. The van der Waals surface area contributed by atoms with Crippen molar-refractivity contribution in [3.8, 4) is 6.07 Å². The minimum absolute atomic E-state index is 0.0453. The molecule has 1 aromatic heterocycles. The van der Waals surface area contributed by atoms with Crippen LogP contribution in [0.1, 0.15) is 42.3 Å². The van der Waals surface area contributed by atoms with E-state index in [9.17, 15) is 10.1 Å². The number of nitrogens with zero attached hydrogens (tertiary/aromatic N) is 1. The van der Waals surface area contributed by atoms with Crippen LogP contribution in [0.3, 0.4) is 0 Å². The smallest absolute Gasteiger partial charge is 0.230 e. The molecule has 1 aromatic carbocycles. The third-order valence-corrected chi connectivity index (χ3v) is 5.69. The van der Waals surface area contributed by atoms with E-state index in [1.165, 1.54) is 15.3 Å². The molecule has 1 unspecified atom stereocenters. The van der Waals surface area contributed by atoms with Crippen LogP contribution < -0.4 is 10.2 Å². The van der Waals surface area contributed by atoms with Gasteiger partial charge in [-0.3, -0.25) is 4.79 Å². The van der Waals surface area contributed by atoms with Gasteiger partial charge in [0.25, 0.3) is 0 Å². The molecule has 1 atom stereocenters. The predicted octanol–water partition coefficient (Wildman–Crippen LogP) is 2.75. The molecular formula is C20H24N3OS+. The number of thiophene rings is 1. The summed E-state index contributed by atoms with van der Waals surface area (Å²) in [6, 6.07) is 12.8. The average molecular weight is 354 g/mol. The van der Waals surface area contributed by atoms with Gasteiger partial charge >= 0.3 is 0 Å². The van der Waals surface area contributed by atoms with E-state index >= 15 is 0 Å². The number of amides is 1. The molecule has 2 aromatic rings. The summed E-state index contributed by atoms with van der Waals surface area (Å²) in [7, 11) is 0. The Bertz CT molecular complexity index is 812. The van der Waals surface area contributed by atoms with Crippen LogP contribution in [0.4, 0.5) is 5.00 Å². The van der Waals surface area contributed by atoms with Crippen molar-refractivity contribution in [2.45, 2.75) is 40.3 Å². The summed E-state index contributed by atoms with van der Waals surface area (Å²) in [5.74, 6) is -0.0453. The van der Waals surface area contributed by atoms with Crippen LogP contribution >= 0.6 is 11.3 Å². The Morgan fingerprint density at radius 3 is 2.68 bits per heavy atom. The minimum atomic E-state index is -0.470. The van der Waals surface area contributed by atoms with Crippen molar-refractivity contribution >= 4 is 22.2 Å². The van der Waals surface area contributed by atoms with Gasteiger partial charge in [0.1, 0.15) is 24.2 Å². The Hall–Kier alpha value is -2.16. The Morgan fingerprint density at radius 1 is 1.32 bits per heavy atom. The van der Waals surface area contributed by atoms with Crippen molar-refractivity contribution in [1.29, 1.82) is 5.26 Å². The van der Waals surface area contributed by atoms with Crippen LogP contribution in [-0.2, 0) is 24.3 Å². The molecule has 25 heavy (non-hydrogen) atoms. The lowest BCUT2D eigenvalue weighted by Crippen LogP contribution is -3.10. The van der Waals surface area contributed by atoms with E-state index in [4.69, 9.17) is 0 Å². The number of carbonyl (C=O) groups is 1. The van der Waals surface area contributed by atoms with Crippen LogP contribution in [0.5, 0.6) is 0 Å². The van der Waals surface area contributed by atoms with Crippen molar-refractivity contribution < 1.29 is 9.69 Å². The highest BCUT2D eigenvalue weighted by molar-refractivity contribution is 7.16. The van der Waals surface area contributed by atoms with E-state index in [0.29, 0.717) is 10.6 Å². The van der Waals surface area contributed by atoms with Gasteiger partial charge in [-0.05, 0) is 5.56 Å². The fourth-order valence-corrected chi connectivity index (χ4v) is 4.33. The van der Waals surface area contributed by atoms with E-state index in [-0.39, 0.29) is 5.91 Å². The molecule has 2 N–H and O–H groups in total. The monoisotopic (exact) mass is 354 g/mol. The van der Waals surface area contributed by atoms with Crippen LogP contribution in [0.15, 0.2) is 30.3 Å². The normalized spacial score (nSPS) is 16.8. The SMILES string of the molecule is CC(C)(C)C(=O)Nc1sc2c(c1C#N)CC[NH+](Cc1ccccc1)C2. The van der Waals surface area contributed by atoms with Crippen molar-refractivity contribution in [3.63, 3.8) is 0 Å². The maximum absolute atomic E-state index is 12.3. The Kier molecular flexibility index (Phi) is 4.94. The molecule has 0 bridgehead atoms. The molecule has 4 nitrogen and oxygen atoms in total. The maximum Gasteiger partial charge on any atom is 0.230 e. The summed E-state index contributed by atoms with van der Waals surface area (Å²) < 4.78 is 0. The molecule has 2 heterocycles. The van der Waals surface area contributed by atoms with Crippen LogP contribution in [0, 0.1) is 16.7 Å². The van der Waals surface area contributed by atoms with Crippen LogP contribution in [0.25, 0.3) is 0 Å². The Balaban J connectivity index is 1.79. The molecule has 3 rings (SSSR count). The molecule has 130 valence electrons. The zero-order valence-electron chi connectivity index (χ0n) is 15.0. The van der Waals surface area contributed by atoms with Crippen LogP contribution in [0.2, 0.25) is 0 Å². The number of rotatable bonds is 3. The van der Waals surface area contributed by atoms with Crippen molar-refractivity contribution in [2.75, 3.05) is 11.9 Å². The van der Waals surface area contributed by atoms with Gasteiger partial charge in [0.05, 0.1) is 17.0 Å². The van der Waals surface area contributed by atoms with E-state index in [2.05, 4.69) is 35.7 Å². The Morgan fingerprint density at radius 2 is 2.04 bits per heavy atom. The first-order valence-corrected chi connectivity index (χ1v) is 9.43. The van der Waals surface area contributed by atoms with Crippen molar-refractivity contribution in [2.24, 2.45) is 5.41 Å². The second-order valence-electron chi connectivity index (χ2n) is 7.61. The lowest BCUT2D eigenvalue weighted by molar-refractivity contribution is -0.929. The average Bonchev–Trinajstić information content (AvgIpc) is 2.91. The first-order chi connectivity index (χ1) is 11.9. The molecule has 5 heteroatoms. The summed E-state index contributed by atoms with van der Waals surface area (Å²) in [5.41, 5.74) is 2.66. The summed E-state index contributed by atoms with van der Waals surface area (Å²) in [5, 5.41) is 13.3. The molecule has 0 aliphatic carbocycles. The van der Waals surface area contributed by atoms with Gasteiger partial charge in [-0.15, -0.1) is 11.3 Å². The fraction of sp³-hybridized carbons (Fsp3) is 0.400. The van der Waals surface area contributed by atoms with Gasteiger partial charge in [-0.2, -0.15) is 5.26 Å². The maximum atomic E-state index is 12.3. The van der Waals surface area contributed by atoms with Crippen LogP contribution in [-0.4, -0.2) is 12.5 Å². The number of hydrogen-bond donors (Lipinski definition) is 2. The molecule has 0 saturated carbocycles. The standard InChI is InChI=1S/C20H23N3OS/c1-20(2,3)19(24)22-18-16(11-21)15-9-10-23(13-17(15)25-18)12-14-7-5-4-6-8-14/h4-8H,9-10,12-13H2,1-3H3,(H,22,24)/p+1. The largest absolute Gasteiger partial charge is 0.326 e. The highest BCUT2D eigenvalue weighted by Gasteiger charge is 2.29. The number of fused-ring (bicyclic) bond motifs is 1. The quantitative estimate of drug-likeness (QED) is 0.890. The topological polar surface area (TPSA) is 57.3 Å². The van der Waals surface area contributed by atoms with Gasteiger partial charge in [0, 0.05) is 17.4 Å². The summed E-state index contributed by atoms with van der Waals surface area (Å²) in [6.07, 6.45) is 0.891. The molecule has 0 saturated heterocycles. The second-order valence-corrected chi connectivity index (χ2v) is 8.72. The van der Waals surface area contributed by atoms with E-state index in [1.54, 1.807) is 11.3 Å². The number of carbonyl (C=O) groups excluding carboxylic acids is 1. The number of nitrogens with one attached hydrogen (secondary N) is 2.